The first-order chi connectivity index (χ1) is 11.5. The summed E-state index contributed by atoms with van der Waals surface area (Å²) in [5.41, 5.74) is 2.78. The zero-order valence-electron chi connectivity index (χ0n) is 15.0. The molecule has 0 spiro atoms. The lowest BCUT2D eigenvalue weighted by atomic mass is 10.1. The van der Waals surface area contributed by atoms with E-state index in [2.05, 4.69) is 4.57 Å². The van der Waals surface area contributed by atoms with Crippen LogP contribution in [0.4, 0.5) is 0 Å². The molecule has 1 aromatic heterocycles. The van der Waals surface area contributed by atoms with Gasteiger partial charge in [-0.25, -0.2) is 0 Å². The van der Waals surface area contributed by atoms with E-state index >= 15 is 0 Å². The molecule has 2 rings (SSSR count). The van der Waals surface area contributed by atoms with Gasteiger partial charge in [-0.2, -0.15) is 0 Å². The van der Waals surface area contributed by atoms with Crippen LogP contribution in [0.2, 0.25) is 0 Å². The van der Waals surface area contributed by atoms with Crippen LogP contribution in [0.25, 0.3) is 10.9 Å². The second-order valence-electron chi connectivity index (χ2n) is 5.67. The summed E-state index contributed by atoms with van der Waals surface area (Å²) in [7, 11) is 0. The highest BCUT2D eigenvalue weighted by Gasteiger charge is 2.23. The third kappa shape index (κ3) is 3.45. The van der Waals surface area contributed by atoms with Crippen molar-refractivity contribution in [1.82, 2.24) is 9.47 Å². The Kier molecular flexibility index (Phi) is 6.01. The minimum absolute atomic E-state index is 0.0302. The van der Waals surface area contributed by atoms with Crippen molar-refractivity contribution in [3.63, 3.8) is 0 Å². The van der Waals surface area contributed by atoms with E-state index in [4.69, 9.17) is 4.74 Å². The summed E-state index contributed by atoms with van der Waals surface area (Å²) in [4.78, 5) is 26.4. The van der Waals surface area contributed by atoms with Crippen molar-refractivity contribution in [2.45, 2.75) is 40.7 Å². The molecule has 0 atom stereocenters. The number of fused-ring (bicyclic) bond motifs is 1. The molecule has 0 aliphatic heterocycles. The number of ether oxygens (including phenoxy) is 1. The van der Waals surface area contributed by atoms with Gasteiger partial charge in [0.15, 0.2) is 0 Å². The molecule has 0 fully saturated rings. The minimum Gasteiger partial charge on any atom is -0.466 e. The maximum atomic E-state index is 13.1. The molecule has 24 heavy (non-hydrogen) atoms. The molecule has 0 N–H and O–H groups in total. The fourth-order valence-electron chi connectivity index (χ4n) is 3.09. The topological polar surface area (TPSA) is 51.5 Å². The number of hydrogen-bond donors (Lipinski definition) is 0. The molecule has 1 amide bonds. The normalized spacial score (nSPS) is 10.8. The lowest BCUT2D eigenvalue weighted by Gasteiger charge is -2.22. The van der Waals surface area contributed by atoms with Crippen LogP contribution in [0.3, 0.4) is 0 Å². The zero-order chi connectivity index (χ0) is 17.7. The number of carbonyl (C=O) groups is 2. The van der Waals surface area contributed by atoms with Crippen molar-refractivity contribution >= 4 is 22.8 Å². The molecule has 0 aliphatic rings. The molecule has 0 radical (unpaired) electrons. The van der Waals surface area contributed by atoms with Gasteiger partial charge in [0.2, 0.25) is 0 Å². The lowest BCUT2D eigenvalue weighted by molar-refractivity contribution is -0.143. The molecule has 1 heterocycles. The van der Waals surface area contributed by atoms with Crippen LogP contribution < -0.4 is 0 Å². The van der Waals surface area contributed by atoms with E-state index < -0.39 is 0 Å². The number of aryl methyl sites for hydroxylation is 2. The average Bonchev–Trinajstić information content (AvgIpc) is 2.88. The quantitative estimate of drug-likeness (QED) is 0.731. The number of nitrogens with zero attached hydrogens (tertiary/aromatic N) is 2. The first kappa shape index (κ1) is 18.0. The maximum absolute atomic E-state index is 13.1. The van der Waals surface area contributed by atoms with Crippen LogP contribution in [0.15, 0.2) is 24.3 Å². The monoisotopic (exact) mass is 330 g/mol. The van der Waals surface area contributed by atoms with Gasteiger partial charge in [-0.3, -0.25) is 9.59 Å². The number of esters is 1. The van der Waals surface area contributed by atoms with Gasteiger partial charge in [0.25, 0.3) is 5.91 Å². The summed E-state index contributed by atoms with van der Waals surface area (Å²) < 4.78 is 7.01. The Bertz CT molecular complexity index is 734. The minimum atomic E-state index is -0.267. The first-order valence-electron chi connectivity index (χ1n) is 8.57. The van der Waals surface area contributed by atoms with Crippen molar-refractivity contribution in [3.05, 3.63) is 35.5 Å². The number of hydrogen-bond acceptors (Lipinski definition) is 3. The predicted molar refractivity (Wildman–Crippen MR) is 95.2 cm³/mol. The van der Waals surface area contributed by atoms with E-state index in [1.165, 1.54) is 0 Å². The molecular weight excluding hydrogens is 304 g/mol. The zero-order valence-corrected chi connectivity index (χ0v) is 15.0. The van der Waals surface area contributed by atoms with Gasteiger partial charge in [-0.15, -0.1) is 0 Å². The predicted octanol–water partition coefficient (Wildman–Crippen LogP) is 3.38. The van der Waals surface area contributed by atoms with Crippen molar-refractivity contribution < 1.29 is 14.3 Å². The Hall–Kier alpha value is -2.30. The fraction of sp³-hybridized carbons (Fsp3) is 0.474. The number of carbonyl (C=O) groups excluding carboxylic acids is 2. The second kappa shape index (κ2) is 7.99. The highest BCUT2D eigenvalue weighted by molar-refractivity contribution is 6.01. The van der Waals surface area contributed by atoms with Crippen LogP contribution in [0.1, 0.15) is 43.2 Å². The third-order valence-corrected chi connectivity index (χ3v) is 4.30. The van der Waals surface area contributed by atoms with Gasteiger partial charge in [-0.05, 0) is 39.3 Å². The molecule has 0 saturated heterocycles. The van der Waals surface area contributed by atoms with Crippen molar-refractivity contribution in [1.29, 1.82) is 0 Å². The number of aromatic nitrogens is 1. The number of amides is 1. The number of benzene rings is 1. The fourth-order valence-corrected chi connectivity index (χ4v) is 3.09. The first-order valence-corrected chi connectivity index (χ1v) is 8.57. The summed E-state index contributed by atoms with van der Waals surface area (Å²) in [5.74, 6) is -0.297. The summed E-state index contributed by atoms with van der Waals surface area (Å²) in [6.45, 7) is 9.76. The smallest absolute Gasteiger partial charge is 0.307 e. The van der Waals surface area contributed by atoms with Gasteiger partial charge in [0.1, 0.15) is 5.69 Å². The second-order valence-corrected chi connectivity index (χ2v) is 5.67. The van der Waals surface area contributed by atoms with Gasteiger partial charge in [0.05, 0.1) is 13.0 Å². The number of rotatable bonds is 7. The molecule has 0 aliphatic carbocycles. The summed E-state index contributed by atoms with van der Waals surface area (Å²) in [6, 6.07) is 8.06. The third-order valence-electron chi connectivity index (χ3n) is 4.30. The average molecular weight is 330 g/mol. The van der Waals surface area contributed by atoms with E-state index in [1.807, 2.05) is 45.0 Å². The van der Waals surface area contributed by atoms with Crippen molar-refractivity contribution in [3.8, 4) is 0 Å². The van der Waals surface area contributed by atoms with E-state index in [1.54, 1.807) is 11.8 Å². The summed E-state index contributed by atoms with van der Waals surface area (Å²) in [6.07, 6.45) is 0.221. The summed E-state index contributed by atoms with van der Waals surface area (Å²) >= 11 is 0. The van der Waals surface area contributed by atoms with Crippen LogP contribution in [-0.2, 0) is 16.1 Å². The Morgan fingerprint density at radius 1 is 1.17 bits per heavy atom. The van der Waals surface area contributed by atoms with Crippen LogP contribution in [0, 0.1) is 6.92 Å². The number of para-hydroxylation sites is 1. The van der Waals surface area contributed by atoms with Crippen LogP contribution in [0.5, 0.6) is 0 Å². The van der Waals surface area contributed by atoms with Crippen molar-refractivity contribution in [2.24, 2.45) is 0 Å². The van der Waals surface area contributed by atoms with Crippen molar-refractivity contribution in [2.75, 3.05) is 19.7 Å². The Morgan fingerprint density at radius 2 is 1.88 bits per heavy atom. The Balaban J connectivity index is 2.32. The molecule has 0 bridgehead atoms. The van der Waals surface area contributed by atoms with E-state index in [9.17, 15) is 9.59 Å². The molecule has 5 heteroatoms. The molecule has 2 aromatic rings. The van der Waals surface area contributed by atoms with Gasteiger partial charge in [-0.1, -0.05) is 18.2 Å². The molecule has 0 unspecified atom stereocenters. The standard InChI is InChI=1S/C19H26N2O3/c1-5-20(13-12-17(22)24-7-3)19(23)18-14(4)15-10-8-9-11-16(15)21(18)6-2/h8-11H,5-7,12-13H2,1-4H3. The molecular formula is C19H26N2O3. The SMILES string of the molecule is CCOC(=O)CCN(CC)C(=O)c1c(C)c2ccccc2n1CC. The Labute approximate surface area is 143 Å². The van der Waals surface area contributed by atoms with Crippen LogP contribution in [-0.4, -0.2) is 41.0 Å². The lowest BCUT2D eigenvalue weighted by Crippen LogP contribution is -2.34. The molecule has 5 nitrogen and oxygen atoms in total. The molecule has 1 aromatic carbocycles. The highest BCUT2D eigenvalue weighted by atomic mass is 16.5. The van der Waals surface area contributed by atoms with E-state index in [0.717, 1.165) is 23.0 Å². The molecule has 130 valence electrons. The van der Waals surface area contributed by atoms with Gasteiger partial charge in [0, 0.05) is 30.5 Å². The maximum Gasteiger partial charge on any atom is 0.307 e. The molecule has 0 saturated carbocycles. The largest absolute Gasteiger partial charge is 0.466 e. The van der Waals surface area contributed by atoms with E-state index in [-0.39, 0.29) is 18.3 Å². The van der Waals surface area contributed by atoms with Crippen LogP contribution >= 0.6 is 0 Å². The van der Waals surface area contributed by atoms with E-state index in [0.29, 0.717) is 25.4 Å². The Morgan fingerprint density at radius 3 is 2.50 bits per heavy atom. The van der Waals surface area contributed by atoms with Gasteiger partial charge >= 0.3 is 5.97 Å². The highest BCUT2D eigenvalue weighted by Crippen LogP contribution is 2.26. The summed E-state index contributed by atoms with van der Waals surface area (Å²) in [5, 5.41) is 1.10. The van der Waals surface area contributed by atoms with Gasteiger partial charge < -0.3 is 14.2 Å².